The Labute approximate surface area is 154 Å². The normalized spacial score (nSPS) is 13.7. The molecule has 8 heteroatoms. The van der Waals surface area contributed by atoms with Gasteiger partial charge in [-0.05, 0) is 42.8 Å². The smallest absolute Gasteiger partial charge is 0.335 e. The van der Waals surface area contributed by atoms with E-state index in [9.17, 15) is 18.8 Å². The molecule has 0 saturated carbocycles. The first-order chi connectivity index (χ1) is 13.0. The summed E-state index contributed by atoms with van der Waals surface area (Å²) in [6.07, 6.45) is 0.184. The van der Waals surface area contributed by atoms with Crippen LogP contribution in [0.1, 0.15) is 39.1 Å². The third-order valence-electron chi connectivity index (χ3n) is 4.03. The van der Waals surface area contributed by atoms with Crippen LogP contribution in [-0.2, 0) is 9.63 Å². The highest BCUT2D eigenvalue weighted by Crippen LogP contribution is 2.22. The van der Waals surface area contributed by atoms with Crippen molar-refractivity contribution in [2.75, 3.05) is 6.54 Å². The van der Waals surface area contributed by atoms with Gasteiger partial charge in [0.1, 0.15) is 5.82 Å². The molecule has 0 bridgehead atoms. The van der Waals surface area contributed by atoms with Gasteiger partial charge in [-0.2, -0.15) is 0 Å². The summed E-state index contributed by atoms with van der Waals surface area (Å²) >= 11 is 0. The molecule has 0 radical (unpaired) electrons. The fraction of sp³-hybridized carbons (Fsp3) is 0.158. The Balaban J connectivity index is 1.49. The van der Waals surface area contributed by atoms with Crippen molar-refractivity contribution in [3.63, 3.8) is 0 Å². The first-order valence-corrected chi connectivity index (χ1v) is 8.22. The van der Waals surface area contributed by atoms with E-state index in [0.717, 1.165) is 4.90 Å². The summed E-state index contributed by atoms with van der Waals surface area (Å²) in [5.74, 6) is -1.89. The average Bonchev–Trinajstić information content (AvgIpc) is 2.92. The first-order valence-electron chi connectivity index (χ1n) is 8.22. The molecule has 0 atom stereocenters. The second-order valence-corrected chi connectivity index (χ2v) is 5.86. The van der Waals surface area contributed by atoms with Gasteiger partial charge in [0.05, 0.1) is 11.1 Å². The summed E-state index contributed by atoms with van der Waals surface area (Å²) in [7, 11) is 0. The molecule has 1 heterocycles. The molecule has 1 aliphatic heterocycles. The number of halogens is 1. The average molecular weight is 369 g/mol. The van der Waals surface area contributed by atoms with E-state index in [1.165, 1.54) is 24.3 Å². The molecule has 0 saturated heterocycles. The number of nitrogens with two attached hydrogens (primary N) is 1. The Bertz CT molecular complexity index is 890. The number of hydrogen-bond acceptors (Lipinski definition) is 5. The summed E-state index contributed by atoms with van der Waals surface area (Å²) in [5.41, 5.74) is 6.80. The lowest BCUT2D eigenvalue weighted by molar-refractivity contribution is -0.143. The van der Waals surface area contributed by atoms with Crippen LogP contribution in [0.25, 0.3) is 0 Å². The number of hydrogen-bond donors (Lipinski definition) is 1. The fourth-order valence-electron chi connectivity index (χ4n) is 2.64. The standard InChI is InChI=1S/C19H16FN3O4/c20-13-9-7-12(8-10-13)17(21)22-27-16(24)6-3-11-23-18(25)14-4-1-2-5-15(14)19(23)26/h1-2,4-5,7-10H,3,6,11H2,(H2,21,22). The van der Waals surface area contributed by atoms with Crippen molar-refractivity contribution >= 4 is 23.6 Å². The third kappa shape index (κ3) is 4.00. The number of imide groups is 1. The Hall–Kier alpha value is -3.55. The van der Waals surface area contributed by atoms with Gasteiger partial charge in [-0.3, -0.25) is 14.5 Å². The second kappa shape index (κ2) is 7.77. The van der Waals surface area contributed by atoms with Crippen LogP contribution in [0, 0.1) is 5.82 Å². The van der Waals surface area contributed by atoms with Crippen LogP contribution in [0.15, 0.2) is 53.7 Å². The minimum absolute atomic E-state index is 0.0480. The Kier molecular flexibility index (Phi) is 5.25. The second-order valence-electron chi connectivity index (χ2n) is 5.86. The molecule has 7 nitrogen and oxygen atoms in total. The summed E-state index contributed by atoms with van der Waals surface area (Å²) in [4.78, 5) is 42.0. The minimum atomic E-state index is -0.656. The molecule has 1 aliphatic rings. The van der Waals surface area contributed by atoms with Crippen LogP contribution in [0.3, 0.4) is 0 Å². The van der Waals surface area contributed by atoms with Crippen molar-refractivity contribution < 1.29 is 23.6 Å². The zero-order chi connectivity index (χ0) is 19.4. The molecule has 2 N–H and O–H groups in total. The zero-order valence-electron chi connectivity index (χ0n) is 14.2. The molecule has 2 amide bonds. The molecule has 3 rings (SSSR count). The number of oxime groups is 1. The lowest BCUT2D eigenvalue weighted by Crippen LogP contribution is -2.31. The van der Waals surface area contributed by atoms with Crippen molar-refractivity contribution in [2.45, 2.75) is 12.8 Å². The van der Waals surface area contributed by atoms with Crippen LogP contribution in [-0.4, -0.2) is 35.1 Å². The zero-order valence-corrected chi connectivity index (χ0v) is 14.2. The van der Waals surface area contributed by atoms with Gasteiger partial charge in [-0.1, -0.05) is 17.3 Å². The lowest BCUT2D eigenvalue weighted by Gasteiger charge is -2.12. The number of fused-ring (bicyclic) bond motifs is 1. The Morgan fingerprint density at radius 1 is 1.04 bits per heavy atom. The van der Waals surface area contributed by atoms with Gasteiger partial charge in [0.15, 0.2) is 5.84 Å². The van der Waals surface area contributed by atoms with Gasteiger partial charge >= 0.3 is 5.97 Å². The summed E-state index contributed by atoms with van der Waals surface area (Å²) in [5, 5.41) is 3.51. The maximum absolute atomic E-state index is 12.9. The maximum atomic E-state index is 12.9. The number of amidine groups is 1. The van der Waals surface area contributed by atoms with E-state index in [1.807, 2.05) is 0 Å². The van der Waals surface area contributed by atoms with Crippen molar-refractivity contribution in [1.29, 1.82) is 0 Å². The minimum Gasteiger partial charge on any atom is -0.380 e. The summed E-state index contributed by atoms with van der Waals surface area (Å²) in [6, 6.07) is 11.8. The predicted octanol–water partition coefficient (Wildman–Crippen LogP) is 2.07. The van der Waals surface area contributed by atoms with E-state index in [0.29, 0.717) is 16.7 Å². The lowest BCUT2D eigenvalue weighted by atomic mass is 10.1. The van der Waals surface area contributed by atoms with Crippen LogP contribution < -0.4 is 5.73 Å². The van der Waals surface area contributed by atoms with Crippen molar-refractivity contribution in [1.82, 2.24) is 4.90 Å². The van der Waals surface area contributed by atoms with E-state index < -0.39 is 11.8 Å². The molecule has 2 aromatic carbocycles. The van der Waals surface area contributed by atoms with Crippen molar-refractivity contribution in [3.05, 3.63) is 71.0 Å². The van der Waals surface area contributed by atoms with Gasteiger partial charge in [-0.25, -0.2) is 9.18 Å². The van der Waals surface area contributed by atoms with Crippen LogP contribution in [0.5, 0.6) is 0 Å². The first kappa shape index (κ1) is 18.2. The van der Waals surface area contributed by atoms with Crippen molar-refractivity contribution in [2.24, 2.45) is 10.9 Å². The van der Waals surface area contributed by atoms with E-state index in [4.69, 9.17) is 10.6 Å². The number of carbonyl (C=O) groups excluding carboxylic acids is 3. The number of nitrogens with zero attached hydrogens (tertiary/aromatic N) is 2. The number of carbonyl (C=O) groups is 3. The molecule has 138 valence electrons. The van der Waals surface area contributed by atoms with Crippen LogP contribution in [0.4, 0.5) is 4.39 Å². The van der Waals surface area contributed by atoms with E-state index >= 15 is 0 Å². The highest BCUT2D eigenvalue weighted by atomic mass is 19.1. The molecule has 0 aromatic heterocycles. The Morgan fingerprint density at radius 2 is 1.63 bits per heavy atom. The molecule has 0 fully saturated rings. The van der Waals surface area contributed by atoms with Gasteiger partial charge in [-0.15, -0.1) is 0 Å². The molecular formula is C19H16FN3O4. The van der Waals surface area contributed by atoms with Crippen molar-refractivity contribution in [3.8, 4) is 0 Å². The largest absolute Gasteiger partial charge is 0.380 e. The topological polar surface area (TPSA) is 102 Å². The van der Waals surface area contributed by atoms with E-state index in [1.54, 1.807) is 24.3 Å². The third-order valence-corrected chi connectivity index (χ3v) is 4.03. The van der Waals surface area contributed by atoms with Gasteiger partial charge < -0.3 is 10.6 Å². The molecule has 0 spiro atoms. The van der Waals surface area contributed by atoms with E-state index in [-0.39, 0.29) is 37.0 Å². The predicted molar refractivity (Wildman–Crippen MR) is 94.3 cm³/mol. The van der Waals surface area contributed by atoms with Gasteiger partial charge in [0.2, 0.25) is 0 Å². The SMILES string of the molecule is N/C(=N\OC(=O)CCCN1C(=O)c2ccccc2C1=O)c1ccc(F)cc1. The van der Waals surface area contributed by atoms with Gasteiger partial charge in [0.25, 0.3) is 11.8 Å². The number of rotatable bonds is 6. The van der Waals surface area contributed by atoms with E-state index in [2.05, 4.69) is 5.16 Å². The molecule has 27 heavy (non-hydrogen) atoms. The van der Waals surface area contributed by atoms with Crippen LogP contribution >= 0.6 is 0 Å². The maximum Gasteiger partial charge on any atom is 0.335 e. The molecule has 2 aromatic rings. The summed E-state index contributed by atoms with van der Waals surface area (Å²) in [6.45, 7) is 0.0958. The van der Waals surface area contributed by atoms with Gasteiger partial charge in [0, 0.05) is 18.5 Å². The highest BCUT2D eigenvalue weighted by Gasteiger charge is 2.34. The fourth-order valence-corrected chi connectivity index (χ4v) is 2.64. The molecule has 0 unspecified atom stereocenters. The molecule has 0 aliphatic carbocycles. The molecular weight excluding hydrogens is 353 g/mol. The quantitative estimate of drug-likeness (QED) is 0.276. The highest BCUT2D eigenvalue weighted by molar-refractivity contribution is 6.21. The Morgan fingerprint density at radius 3 is 2.22 bits per heavy atom. The van der Waals surface area contributed by atoms with Crippen LogP contribution in [0.2, 0.25) is 0 Å². The summed E-state index contributed by atoms with van der Waals surface area (Å²) < 4.78 is 12.9. The number of amides is 2. The monoisotopic (exact) mass is 369 g/mol. The number of benzene rings is 2.